The number of hydrogen-bond acceptors (Lipinski definition) is 8. The van der Waals surface area contributed by atoms with Crippen LogP contribution in [0.3, 0.4) is 0 Å². The number of rotatable bonds is 8. The van der Waals surface area contributed by atoms with Crippen molar-refractivity contribution in [1.82, 2.24) is 9.55 Å². The predicted molar refractivity (Wildman–Crippen MR) is 109 cm³/mol. The fraction of sp³-hybridized carbons (Fsp3) is 0.650. The SMILES string of the molecule is C[C@H]1[C@@H](COC(=O)CCCC(=O)O)O[C@@H](n2ccc(NC(=O)OC(C)(C)C)nc2=O)C1(F)F. The van der Waals surface area contributed by atoms with E-state index in [0.29, 0.717) is 4.57 Å². The minimum atomic E-state index is -3.49. The lowest BCUT2D eigenvalue weighted by atomic mass is 10.00. The Labute approximate surface area is 188 Å². The average molecular weight is 475 g/mol. The van der Waals surface area contributed by atoms with Crippen molar-refractivity contribution in [2.45, 2.75) is 70.8 Å². The van der Waals surface area contributed by atoms with Gasteiger partial charge in [0, 0.05) is 19.0 Å². The zero-order valence-corrected chi connectivity index (χ0v) is 18.7. The fourth-order valence-corrected chi connectivity index (χ4v) is 2.98. The highest BCUT2D eigenvalue weighted by atomic mass is 19.3. The fourth-order valence-electron chi connectivity index (χ4n) is 2.98. The smallest absolute Gasteiger partial charge is 0.413 e. The molecule has 0 bridgehead atoms. The maximum absolute atomic E-state index is 14.8. The van der Waals surface area contributed by atoms with E-state index in [1.807, 2.05) is 0 Å². The normalized spacial score (nSPS) is 21.9. The summed E-state index contributed by atoms with van der Waals surface area (Å²) in [5.74, 6) is -6.89. The van der Waals surface area contributed by atoms with Crippen molar-refractivity contribution in [3.8, 4) is 0 Å². The Morgan fingerprint density at radius 3 is 2.55 bits per heavy atom. The van der Waals surface area contributed by atoms with Gasteiger partial charge in [-0.25, -0.2) is 18.4 Å². The molecule has 1 aromatic heterocycles. The van der Waals surface area contributed by atoms with E-state index in [9.17, 15) is 28.0 Å². The molecule has 33 heavy (non-hydrogen) atoms. The van der Waals surface area contributed by atoms with E-state index < -0.39 is 60.1 Å². The number of halogens is 2. The number of alkyl halides is 2. The molecular weight excluding hydrogens is 448 g/mol. The van der Waals surface area contributed by atoms with Crippen LogP contribution in [-0.2, 0) is 23.8 Å². The number of nitrogens with zero attached hydrogens (tertiary/aromatic N) is 2. The van der Waals surface area contributed by atoms with Gasteiger partial charge in [0.05, 0.1) is 5.92 Å². The summed E-state index contributed by atoms with van der Waals surface area (Å²) >= 11 is 0. The summed E-state index contributed by atoms with van der Waals surface area (Å²) in [6, 6.07) is 1.14. The summed E-state index contributed by atoms with van der Waals surface area (Å²) in [5, 5.41) is 10.8. The number of esters is 1. The molecule has 3 atom stereocenters. The number of carbonyl (C=O) groups is 3. The molecule has 0 aliphatic carbocycles. The highest BCUT2D eigenvalue weighted by Gasteiger charge is 2.58. The van der Waals surface area contributed by atoms with Gasteiger partial charge in [0.25, 0.3) is 5.92 Å². The largest absolute Gasteiger partial charge is 0.481 e. The van der Waals surface area contributed by atoms with Gasteiger partial charge in [0.2, 0.25) is 6.23 Å². The van der Waals surface area contributed by atoms with E-state index in [0.717, 1.165) is 12.3 Å². The van der Waals surface area contributed by atoms with Crippen LogP contribution in [0.4, 0.5) is 19.4 Å². The van der Waals surface area contributed by atoms with Gasteiger partial charge in [-0.15, -0.1) is 0 Å². The van der Waals surface area contributed by atoms with Crippen LogP contribution in [0.25, 0.3) is 0 Å². The van der Waals surface area contributed by atoms with E-state index in [2.05, 4.69) is 10.3 Å². The summed E-state index contributed by atoms with van der Waals surface area (Å²) in [6.07, 6.45) is -3.41. The Balaban J connectivity index is 2.04. The minimum Gasteiger partial charge on any atom is -0.481 e. The van der Waals surface area contributed by atoms with Crippen LogP contribution >= 0.6 is 0 Å². The van der Waals surface area contributed by atoms with E-state index in [4.69, 9.17) is 19.3 Å². The lowest BCUT2D eigenvalue weighted by Gasteiger charge is -2.22. The molecule has 0 saturated carbocycles. The predicted octanol–water partition coefficient (Wildman–Crippen LogP) is 2.56. The van der Waals surface area contributed by atoms with Gasteiger partial charge in [0.1, 0.15) is 24.1 Å². The van der Waals surface area contributed by atoms with Crippen LogP contribution in [0.1, 0.15) is 53.2 Å². The maximum Gasteiger partial charge on any atom is 0.413 e. The number of anilines is 1. The second-order valence-electron chi connectivity index (χ2n) is 8.55. The average Bonchev–Trinajstić information content (AvgIpc) is 2.88. The van der Waals surface area contributed by atoms with Crippen molar-refractivity contribution in [2.24, 2.45) is 5.92 Å². The number of ether oxygens (including phenoxy) is 3. The molecule has 1 fully saturated rings. The molecule has 2 heterocycles. The Bertz CT molecular complexity index is 944. The van der Waals surface area contributed by atoms with Crippen LogP contribution in [0.5, 0.6) is 0 Å². The summed E-state index contributed by atoms with van der Waals surface area (Å²) in [5.41, 5.74) is -1.88. The van der Waals surface area contributed by atoms with Crippen LogP contribution in [0.2, 0.25) is 0 Å². The molecule has 184 valence electrons. The Morgan fingerprint density at radius 1 is 1.30 bits per heavy atom. The first kappa shape index (κ1) is 26.2. The van der Waals surface area contributed by atoms with Gasteiger partial charge >= 0.3 is 23.7 Å². The molecule has 1 amide bonds. The number of carboxylic acid groups (broad SMARTS) is 1. The number of amides is 1. The summed E-state index contributed by atoms with van der Waals surface area (Å²) in [7, 11) is 0. The van der Waals surface area contributed by atoms with E-state index in [1.165, 1.54) is 6.92 Å². The van der Waals surface area contributed by atoms with Crippen molar-refractivity contribution in [3.05, 3.63) is 22.7 Å². The van der Waals surface area contributed by atoms with Crippen LogP contribution in [0, 0.1) is 5.92 Å². The van der Waals surface area contributed by atoms with Gasteiger partial charge in [-0.1, -0.05) is 6.92 Å². The number of carboxylic acids is 1. The van der Waals surface area contributed by atoms with E-state index >= 15 is 0 Å². The van der Waals surface area contributed by atoms with Crippen molar-refractivity contribution in [2.75, 3.05) is 11.9 Å². The summed E-state index contributed by atoms with van der Waals surface area (Å²) in [6.45, 7) is 5.63. The molecule has 0 radical (unpaired) electrons. The minimum absolute atomic E-state index is 0.0543. The summed E-state index contributed by atoms with van der Waals surface area (Å²) < 4.78 is 45.5. The molecule has 1 aliphatic heterocycles. The number of carbonyl (C=O) groups excluding carboxylic acids is 2. The Kier molecular flexibility index (Phi) is 8.11. The molecular formula is C20H27F2N3O8. The van der Waals surface area contributed by atoms with Crippen molar-refractivity contribution in [1.29, 1.82) is 0 Å². The lowest BCUT2D eigenvalue weighted by Crippen LogP contribution is -2.38. The summed E-state index contributed by atoms with van der Waals surface area (Å²) in [4.78, 5) is 49.9. The van der Waals surface area contributed by atoms with Crippen molar-refractivity contribution in [3.63, 3.8) is 0 Å². The molecule has 1 aliphatic rings. The first-order chi connectivity index (χ1) is 15.2. The molecule has 13 heteroatoms. The first-order valence-corrected chi connectivity index (χ1v) is 10.2. The monoisotopic (exact) mass is 475 g/mol. The molecule has 0 spiro atoms. The number of nitrogens with one attached hydrogen (secondary N) is 1. The third-order valence-electron chi connectivity index (χ3n) is 4.69. The van der Waals surface area contributed by atoms with E-state index in [1.54, 1.807) is 20.8 Å². The second-order valence-corrected chi connectivity index (χ2v) is 8.55. The van der Waals surface area contributed by atoms with Crippen molar-refractivity contribution >= 4 is 23.8 Å². The number of aliphatic carboxylic acids is 1. The van der Waals surface area contributed by atoms with Gasteiger partial charge in [0.15, 0.2) is 0 Å². The lowest BCUT2D eigenvalue weighted by molar-refractivity contribution is -0.150. The topological polar surface area (TPSA) is 146 Å². The van der Waals surface area contributed by atoms with Crippen LogP contribution < -0.4 is 11.0 Å². The van der Waals surface area contributed by atoms with Crippen LogP contribution in [-0.4, -0.2) is 56.9 Å². The van der Waals surface area contributed by atoms with Gasteiger partial charge in [-0.05, 0) is 33.3 Å². The number of hydrogen-bond donors (Lipinski definition) is 2. The second kappa shape index (κ2) is 10.2. The zero-order valence-electron chi connectivity index (χ0n) is 18.7. The zero-order chi connectivity index (χ0) is 25.0. The van der Waals surface area contributed by atoms with Gasteiger partial charge in [-0.3, -0.25) is 19.5 Å². The quantitative estimate of drug-likeness (QED) is 0.542. The molecule has 0 unspecified atom stereocenters. The highest BCUT2D eigenvalue weighted by Crippen LogP contribution is 2.46. The van der Waals surface area contributed by atoms with Gasteiger partial charge < -0.3 is 19.3 Å². The highest BCUT2D eigenvalue weighted by molar-refractivity contribution is 5.83. The Hall–Kier alpha value is -3.09. The molecule has 1 aromatic rings. The standard InChI is InChI=1S/C20H27F2N3O8/c1-11-12(10-31-15(28)7-5-6-14(26)27)32-16(20(11,21)22)25-9-8-13(23-17(25)29)24-18(30)33-19(2,3)4/h8-9,11-12,16H,5-7,10H2,1-4H3,(H,26,27)(H,23,24,29,30)/t11-,12+,16+/m0/s1. The van der Waals surface area contributed by atoms with E-state index in [-0.39, 0.29) is 25.1 Å². The first-order valence-electron chi connectivity index (χ1n) is 10.2. The third kappa shape index (κ3) is 7.20. The maximum atomic E-state index is 14.8. The molecule has 2 N–H and O–H groups in total. The Morgan fingerprint density at radius 2 is 1.97 bits per heavy atom. The molecule has 1 saturated heterocycles. The molecule has 0 aromatic carbocycles. The number of aromatic nitrogens is 2. The van der Waals surface area contributed by atoms with Gasteiger partial charge in [-0.2, -0.15) is 4.98 Å². The molecule has 2 rings (SSSR count). The van der Waals surface area contributed by atoms with Crippen LogP contribution in [0.15, 0.2) is 17.1 Å². The molecule has 11 nitrogen and oxygen atoms in total. The van der Waals surface area contributed by atoms with Crippen molar-refractivity contribution < 1.29 is 42.5 Å². The third-order valence-corrected chi connectivity index (χ3v) is 4.69.